The van der Waals surface area contributed by atoms with E-state index in [1.165, 1.54) is 11.1 Å². The van der Waals surface area contributed by atoms with E-state index in [0.717, 1.165) is 54.7 Å². The Kier molecular flexibility index (Phi) is 4.83. The number of hydrogen-bond acceptors (Lipinski definition) is 3. The average Bonchev–Trinajstić information content (AvgIpc) is 3.07. The Hall–Kier alpha value is -2.14. The molecule has 2 N–H and O–H groups in total. The minimum atomic E-state index is 0.738. The van der Waals surface area contributed by atoms with Gasteiger partial charge in [-0.25, -0.2) is 0 Å². The Morgan fingerprint density at radius 2 is 1.64 bits per heavy atom. The van der Waals surface area contributed by atoms with E-state index in [4.69, 9.17) is 11.6 Å². The zero-order chi connectivity index (χ0) is 17.1. The number of nitrogens with zero attached hydrogens (tertiary/aromatic N) is 2. The van der Waals surface area contributed by atoms with Gasteiger partial charge in [-0.2, -0.15) is 5.10 Å². The minimum Gasteiger partial charge on any atom is -0.314 e. The highest BCUT2D eigenvalue weighted by Crippen LogP contribution is 2.34. The quantitative estimate of drug-likeness (QED) is 0.750. The summed E-state index contributed by atoms with van der Waals surface area (Å²) in [5.41, 5.74) is 5.59. The Bertz CT molecular complexity index is 821. The highest BCUT2D eigenvalue weighted by atomic mass is 35.5. The lowest BCUT2D eigenvalue weighted by Gasteiger charge is -2.27. The molecule has 0 unspecified atom stereocenters. The monoisotopic (exact) mass is 352 g/mol. The molecule has 1 saturated heterocycles. The van der Waals surface area contributed by atoms with Gasteiger partial charge in [0.2, 0.25) is 0 Å². The van der Waals surface area contributed by atoms with Gasteiger partial charge in [0, 0.05) is 48.9 Å². The molecule has 1 aliphatic heterocycles. The van der Waals surface area contributed by atoms with Crippen molar-refractivity contribution in [2.75, 3.05) is 26.2 Å². The first-order valence-electron chi connectivity index (χ1n) is 8.63. The summed E-state index contributed by atoms with van der Waals surface area (Å²) in [5, 5.41) is 12.1. The van der Waals surface area contributed by atoms with Gasteiger partial charge in [-0.15, -0.1) is 0 Å². The van der Waals surface area contributed by atoms with Crippen LogP contribution in [-0.4, -0.2) is 41.3 Å². The van der Waals surface area contributed by atoms with Gasteiger partial charge in [-0.3, -0.25) is 10.00 Å². The van der Waals surface area contributed by atoms with Gasteiger partial charge < -0.3 is 5.32 Å². The molecule has 0 bridgehead atoms. The number of piperazine rings is 1. The van der Waals surface area contributed by atoms with Crippen molar-refractivity contribution in [3.05, 3.63) is 65.3 Å². The predicted molar refractivity (Wildman–Crippen MR) is 103 cm³/mol. The third-order valence-corrected chi connectivity index (χ3v) is 4.86. The van der Waals surface area contributed by atoms with Crippen LogP contribution in [0.25, 0.3) is 22.4 Å². The molecule has 5 heteroatoms. The second kappa shape index (κ2) is 7.40. The van der Waals surface area contributed by atoms with Crippen LogP contribution >= 0.6 is 11.6 Å². The molecule has 1 fully saturated rings. The fraction of sp³-hybridized carbons (Fsp3) is 0.250. The first kappa shape index (κ1) is 16.3. The third kappa shape index (κ3) is 3.61. The largest absolute Gasteiger partial charge is 0.314 e. The van der Waals surface area contributed by atoms with E-state index >= 15 is 0 Å². The van der Waals surface area contributed by atoms with Crippen LogP contribution in [0.5, 0.6) is 0 Å². The highest BCUT2D eigenvalue weighted by molar-refractivity contribution is 6.30. The van der Waals surface area contributed by atoms with Crippen LogP contribution in [0.2, 0.25) is 5.02 Å². The molecule has 25 heavy (non-hydrogen) atoms. The minimum absolute atomic E-state index is 0.738. The maximum absolute atomic E-state index is 6.05. The molecule has 0 atom stereocenters. The maximum atomic E-state index is 6.05. The maximum Gasteiger partial charge on any atom is 0.100 e. The van der Waals surface area contributed by atoms with E-state index in [-0.39, 0.29) is 0 Å². The van der Waals surface area contributed by atoms with Crippen molar-refractivity contribution in [1.29, 1.82) is 0 Å². The summed E-state index contributed by atoms with van der Waals surface area (Å²) in [6, 6.07) is 18.4. The summed E-state index contributed by atoms with van der Waals surface area (Å²) >= 11 is 6.05. The van der Waals surface area contributed by atoms with Crippen LogP contribution in [0.3, 0.4) is 0 Å². The summed E-state index contributed by atoms with van der Waals surface area (Å²) < 4.78 is 0. The summed E-state index contributed by atoms with van der Waals surface area (Å²) in [6.07, 6.45) is 0. The van der Waals surface area contributed by atoms with Gasteiger partial charge >= 0.3 is 0 Å². The van der Waals surface area contributed by atoms with Crippen LogP contribution in [0.4, 0.5) is 0 Å². The highest BCUT2D eigenvalue weighted by Gasteiger charge is 2.19. The molecule has 128 valence electrons. The lowest BCUT2D eigenvalue weighted by atomic mass is 9.98. The third-order valence-electron chi connectivity index (χ3n) is 4.61. The Balaban J connectivity index is 1.75. The van der Waals surface area contributed by atoms with E-state index in [0.29, 0.717) is 0 Å². The Morgan fingerprint density at radius 1 is 0.920 bits per heavy atom. The summed E-state index contributed by atoms with van der Waals surface area (Å²) in [5.74, 6) is 0. The van der Waals surface area contributed by atoms with Gasteiger partial charge in [0.25, 0.3) is 0 Å². The molecular weight excluding hydrogens is 332 g/mol. The first-order chi connectivity index (χ1) is 12.3. The summed E-state index contributed by atoms with van der Waals surface area (Å²) in [4.78, 5) is 2.46. The predicted octanol–water partition coefficient (Wildman–Crippen LogP) is 3.80. The molecule has 4 rings (SSSR count). The second-order valence-electron chi connectivity index (χ2n) is 6.32. The van der Waals surface area contributed by atoms with E-state index in [2.05, 4.69) is 44.7 Å². The molecule has 0 spiro atoms. The van der Waals surface area contributed by atoms with Crippen molar-refractivity contribution >= 4 is 11.6 Å². The van der Waals surface area contributed by atoms with Crippen molar-refractivity contribution in [2.45, 2.75) is 6.54 Å². The van der Waals surface area contributed by atoms with Crippen LogP contribution in [0, 0.1) is 0 Å². The Morgan fingerprint density at radius 3 is 2.36 bits per heavy atom. The van der Waals surface area contributed by atoms with Crippen molar-refractivity contribution < 1.29 is 0 Å². The second-order valence-corrected chi connectivity index (χ2v) is 6.76. The molecule has 0 radical (unpaired) electrons. The van der Waals surface area contributed by atoms with Gasteiger partial charge in [0.15, 0.2) is 0 Å². The molecule has 4 nitrogen and oxygen atoms in total. The zero-order valence-corrected chi connectivity index (χ0v) is 14.8. The number of aromatic amines is 1. The number of halogens is 1. The van der Waals surface area contributed by atoms with Gasteiger partial charge in [-0.05, 0) is 17.7 Å². The standard InChI is InChI=1S/C20H21ClN4/c21-17-8-6-16(7-9-17)20-19(15-4-2-1-3-5-15)18(23-24-20)14-25-12-10-22-11-13-25/h1-9,22H,10-14H2,(H,23,24). The number of aromatic nitrogens is 2. The summed E-state index contributed by atoms with van der Waals surface area (Å²) in [6.45, 7) is 5.08. The molecule has 3 aromatic rings. The number of hydrogen-bond donors (Lipinski definition) is 2. The van der Waals surface area contributed by atoms with E-state index in [9.17, 15) is 0 Å². The smallest absolute Gasteiger partial charge is 0.100 e. The molecule has 2 heterocycles. The molecule has 2 aromatic carbocycles. The molecule has 1 aromatic heterocycles. The van der Waals surface area contributed by atoms with Crippen LogP contribution in [0.15, 0.2) is 54.6 Å². The van der Waals surface area contributed by atoms with E-state index < -0.39 is 0 Å². The van der Waals surface area contributed by atoms with Crippen molar-refractivity contribution in [1.82, 2.24) is 20.4 Å². The van der Waals surface area contributed by atoms with Crippen molar-refractivity contribution in [3.63, 3.8) is 0 Å². The summed E-state index contributed by atoms with van der Waals surface area (Å²) in [7, 11) is 0. The van der Waals surface area contributed by atoms with Crippen LogP contribution in [-0.2, 0) is 6.54 Å². The fourth-order valence-corrected chi connectivity index (χ4v) is 3.44. The fourth-order valence-electron chi connectivity index (χ4n) is 3.32. The SMILES string of the molecule is Clc1ccc(-c2n[nH]c(CN3CCNCC3)c2-c2ccccc2)cc1. The lowest BCUT2D eigenvalue weighted by Crippen LogP contribution is -2.43. The molecule has 0 amide bonds. The topological polar surface area (TPSA) is 44.0 Å². The number of rotatable bonds is 4. The Labute approximate surface area is 152 Å². The van der Waals surface area contributed by atoms with Crippen LogP contribution < -0.4 is 5.32 Å². The molecular formula is C20H21ClN4. The van der Waals surface area contributed by atoms with Gasteiger partial charge in [0.1, 0.15) is 5.69 Å². The first-order valence-corrected chi connectivity index (χ1v) is 9.01. The normalized spacial score (nSPS) is 15.4. The number of nitrogens with one attached hydrogen (secondary N) is 2. The zero-order valence-electron chi connectivity index (χ0n) is 14.0. The van der Waals surface area contributed by atoms with Crippen molar-refractivity contribution in [3.8, 4) is 22.4 Å². The average molecular weight is 353 g/mol. The van der Waals surface area contributed by atoms with Gasteiger partial charge in [-0.1, -0.05) is 54.1 Å². The molecule has 1 aliphatic rings. The molecule has 0 saturated carbocycles. The molecule has 0 aliphatic carbocycles. The lowest BCUT2D eigenvalue weighted by molar-refractivity contribution is 0.231. The van der Waals surface area contributed by atoms with Crippen LogP contribution in [0.1, 0.15) is 5.69 Å². The van der Waals surface area contributed by atoms with E-state index in [1.54, 1.807) is 0 Å². The van der Waals surface area contributed by atoms with Crippen molar-refractivity contribution in [2.24, 2.45) is 0 Å². The number of benzene rings is 2. The van der Waals surface area contributed by atoms with E-state index in [1.807, 2.05) is 30.3 Å². The van der Waals surface area contributed by atoms with Gasteiger partial charge in [0.05, 0.1) is 5.69 Å². The number of H-pyrrole nitrogens is 1.